The van der Waals surface area contributed by atoms with E-state index in [1.54, 1.807) is 0 Å². The molecule has 1 rings (SSSR count). The van der Waals surface area contributed by atoms with Crippen molar-refractivity contribution >= 4 is 0 Å². The van der Waals surface area contributed by atoms with Crippen molar-refractivity contribution < 1.29 is 18.9 Å². The van der Waals surface area contributed by atoms with Gasteiger partial charge in [-0.15, -0.1) is 0 Å². The van der Waals surface area contributed by atoms with E-state index in [-0.39, 0.29) is 18.9 Å². The predicted molar refractivity (Wildman–Crippen MR) is 21.7 cm³/mol. The van der Waals surface area contributed by atoms with E-state index >= 15 is 0 Å². The minimum Gasteiger partial charge on any atom is -0.501 e. The summed E-state index contributed by atoms with van der Waals surface area (Å²) in [5.74, 6) is 0. The summed E-state index contributed by atoms with van der Waals surface area (Å²) in [6.45, 7) is 0. The zero-order valence-corrected chi connectivity index (χ0v) is 4.20. The van der Waals surface area contributed by atoms with E-state index in [4.69, 9.17) is 0 Å². The van der Waals surface area contributed by atoms with E-state index in [9.17, 15) is 0 Å². The van der Waals surface area contributed by atoms with Crippen molar-refractivity contribution in [1.29, 1.82) is 0 Å². The van der Waals surface area contributed by atoms with Gasteiger partial charge in [0, 0.05) is 0 Å². The quantitative estimate of drug-likeness (QED) is 0.243. The fourth-order valence-electron chi connectivity index (χ4n) is 0.510. The number of hydrogen-bond donors (Lipinski definition) is 0. The molecule has 0 saturated heterocycles. The molecule has 0 fully saturated rings. The molecule has 1 heteroatoms. The summed E-state index contributed by atoms with van der Waals surface area (Å²) in [6.07, 6.45) is 9.00. The molecule has 0 radical (unpaired) electrons. The number of rotatable bonds is 0. The number of allylic oxidation sites excluding steroid dienone is 2. The summed E-state index contributed by atoms with van der Waals surface area (Å²) in [5, 5.41) is 0. The molecule has 0 aliphatic heterocycles. The minimum atomic E-state index is 0. The second kappa shape index (κ2) is 3.52. The first-order valence-corrected chi connectivity index (χ1v) is 2.05. The van der Waals surface area contributed by atoms with E-state index < -0.39 is 0 Å². The molecule has 0 bridgehead atoms. The molecule has 1 aliphatic carbocycles. The minimum absolute atomic E-state index is 0. The molecule has 0 heterocycles. The van der Waals surface area contributed by atoms with Crippen molar-refractivity contribution in [2.75, 3.05) is 0 Å². The van der Waals surface area contributed by atoms with E-state index in [1.165, 1.54) is 19.3 Å². The van der Waals surface area contributed by atoms with Crippen LogP contribution < -0.4 is 18.9 Å². The fourth-order valence-corrected chi connectivity index (χ4v) is 0.510. The molecule has 0 nitrogen and oxygen atoms in total. The van der Waals surface area contributed by atoms with Crippen LogP contribution in [0.15, 0.2) is 6.08 Å². The molecule has 0 unspecified atom stereocenters. The molecule has 0 aromatic heterocycles. The molecule has 0 spiro atoms. The van der Waals surface area contributed by atoms with Crippen LogP contribution in [-0.4, -0.2) is 0 Å². The molecule has 0 aromatic rings. The van der Waals surface area contributed by atoms with Crippen molar-refractivity contribution in [2.24, 2.45) is 0 Å². The Hall–Kier alpha value is 0.337. The Bertz CT molecular complexity index is 41.9. The SMILES string of the molecule is [C-]1=CCCC1.[Li+]. The van der Waals surface area contributed by atoms with E-state index in [0.717, 1.165) is 0 Å². The van der Waals surface area contributed by atoms with Gasteiger partial charge < -0.3 is 6.08 Å². The normalized spacial score (nSPS) is 17.3. The third-order valence-electron chi connectivity index (χ3n) is 0.814. The summed E-state index contributed by atoms with van der Waals surface area (Å²) in [4.78, 5) is 0. The average molecular weight is 74.1 g/mol. The van der Waals surface area contributed by atoms with Gasteiger partial charge in [0.2, 0.25) is 0 Å². The van der Waals surface area contributed by atoms with Crippen LogP contribution in [0, 0.1) is 6.08 Å². The van der Waals surface area contributed by atoms with Crippen LogP contribution in [-0.2, 0) is 0 Å². The van der Waals surface area contributed by atoms with Gasteiger partial charge in [-0.25, -0.2) is 0 Å². The smallest absolute Gasteiger partial charge is 0.501 e. The molecular formula is C5H7Li. The maximum Gasteiger partial charge on any atom is 1.00 e. The van der Waals surface area contributed by atoms with Gasteiger partial charge in [0.1, 0.15) is 0 Å². The third-order valence-corrected chi connectivity index (χ3v) is 0.814. The summed E-state index contributed by atoms with van der Waals surface area (Å²) in [7, 11) is 0. The molecule has 0 amide bonds. The van der Waals surface area contributed by atoms with Crippen LogP contribution in [0.1, 0.15) is 19.3 Å². The Morgan fingerprint density at radius 3 is 2.50 bits per heavy atom. The van der Waals surface area contributed by atoms with Crippen molar-refractivity contribution in [3.8, 4) is 0 Å². The van der Waals surface area contributed by atoms with Gasteiger partial charge in [-0.1, -0.05) is 12.8 Å². The van der Waals surface area contributed by atoms with Gasteiger partial charge in [0.25, 0.3) is 0 Å². The van der Waals surface area contributed by atoms with Gasteiger partial charge in [-0.05, 0) is 0 Å². The Balaban J connectivity index is 0.000000250. The van der Waals surface area contributed by atoms with Crippen molar-refractivity contribution in [3.63, 3.8) is 0 Å². The Morgan fingerprint density at radius 2 is 2.33 bits per heavy atom. The standard InChI is InChI=1S/C5H7.Li/c1-2-4-5-3-1;/h1H,2,4-5H2;/q-1;+1. The summed E-state index contributed by atoms with van der Waals surface area (Å²) >= 11 is 0. The van der Waals surface area contributed by atoms with E-state index in [1.807, 2.05) is 0 Å². The van der Waals surface area contributed by atoms with Crippen molar-refractivity contribution in [2.45, 2.75) is 19.3 Å². The maximum absolute atomic E-state index is 3.10. The topological polar surface area (TPSA) is 0 Å². The largest absolute Gasteiger partial charge is 1.00 e. The molecule has 0 atom stereocenters. The Kier molecular flexibility index (Phi) is 3.72. The molecule has 0 aromatic carbocycles. The molecule has 0 saturated carbocycles. The average Bonchev–Trinajstić information content (AvgIpc) is 1.76. The van der Waals surface area contributed by atoms with Gasteiger partial charge >= 0.3 is 18.9 Å². The molecule has 28 valence electrons. The molecule has 0 N–H and O–H groups in total. The molecule has 1 aliphatic rings. The Morgan fingerprint density at radius 1 is 1.50 bits per heavy atom. The van der Waals surface area contributed by atoms with E-state index in [2.05, 4.69) is 12.2 Å². The monoisotopic (exact) mass is 74.1 g/mol. The van der Waals surface area contributed by atoms with Crippen LogP contribution in [0.2, 0.25) is 0 Å². The summed E-state index contributed by atoms with van der Waals surface area (Å²) < 4.78 is 0. The maximum atomic E-state index is 3.10. The predicted octanol–water partition coefficient (Wildman–Crippen LogP) is -1.47. The second-order valence-corrected chi connectivity index (χ2v) is 1.30. The first kappa shape index (κ1) is 6.34. The third kappa shape index (κ3) is 1.70. The van der Waals surface area contributed by atoms with Gasteiger partial charge in [0.05, 0.1) is 0 Å². The first-order valence-electron chi connectivity index (χ1n) is 2.05. The van der Waals surface area contributed by atoms with Crippen LogP contribution in [0.3, 0.4) is 0 Å². The van der Waals surface area contributed by atoms with Crippen LogP contribution in [0.25, 0.3) is 0 Å². The van der Waals surface area contributed by atoms with Crippen molar-refractivity contribution in [1.82, 2.24) is 0 Å². The van der Waals surface area contributed by atoms with Crippen LogP contribution in [0.5, 0.6) is 0 Å². The summed E-state index contributed by atoms with van der Waals surface area (Å²) in [6, 6.07) is 0. The zero-order valence-electron chi connectivity index (χ0n) is 4.20. The van der Waals surface area contributed by atoms with Gasteiger partial charge in [0.15, 0.2) is 0 Å². The molecular weight excluding hydrogens is 67.0 g/mol. The first-order chi connectivity index (χ1) is 2.50. The fraction of sp³-hybridized carbons (Fsp3) is 0.600. The molecule has 6 heavy (non-hydrogen) atoms. The number of hydrogen-bond acceptors (Lipinski definition) is 0. The second-order valence-electron chi connectivity index (χ2n) is 1.30. The van der Waals surface area contributed by atoms with Gasteiger partial charge in [-0.3, -0.25) is 6.08 Å². The van der Waals surface area contributed by atoms with Crippen molar-refractivity contribution in [3.05, 3.63) is 12.2 Å². The van der Waals surface area contributed by atoms with Gasteiger partial charge in [-0.2, -0.15) is 6.42 Å². The Labute approximate surface area is 50.8 Å². The van der Waals surface area contributed by atoms with Crippen LogP contribution in [0.4, 0.5) is 0 Å². The van der Waals surface area contributed by atoms with E-state index in [0.29, 0.717) is 0 Å². The van der Waals surface area contributed by atoms with Crippen LogP contribution >= 0.6 is 0 Å². The summed E-state index contributed by atoms with van der Waals surface area (Å²) in [5.41, 5.74) is 0. The zero-order chi connectivity index (χ0) is 3.54.